The molecule has 0 spiro atoms. The van der Waals surface area contributed by atoms with Crippen molar-refractivity contribution in [3.63, 3.8) is 0 Å². The molecule has 2 aliphatic rings. The van der Waals surface area contributed by atoms with Gasteiger partial charge in [-0.1, -0.05) is 65.7 Å². The average molecular weight is 524 g/mol. The largest absolute Gasteiger partial charge is 0.478 e. The first-order valence-corrected chi connectivity index (χ1v) is 13.1. The number of hydrogen-bond acceptors (Lipinski definition) is 2. The molecule has 1 heterocycles. The van der Waals surface area contributed by atoms with E-state index in [-0.39, 0.29) is 12.2 Å². The van der Waals surface area contributed by atoms with E-state index in [2.05, 4.69) is 35.2 Å². The van der Waals surface area contributed by atoms with Crippen LogP contribution in [-0.2, 0) is 12.8 Å². The summed E-state index contributed by atoms with van der Waals surface area (Å²) in [6.45, 7) is 2.70. The monoisotopic (exact) mass is 523 g/mol. The second-order valence-corrected chi connectivity index (χ2v) is 10.5. The molecule has 5 rings (SSSR count). The Kier molecular flexibility index (Phi) is 7.47. The third-order valence-corrected chi connectivity index (χ3v) is 7.75. The van der Waals surface area contributed by atoms with E-state index in [9.17, 15) is 14.3 Å². The van der Waals surface area contributed by atoms with Crippen LogP contribution in [0.5, 0.6) is 0 Å². The van der Waals surface area contributed by atoms with E-state index in [0.29, 0.717) is 33.5 Å². The van der Waals surface area contributed by atoms with Crippen molar-refractivity contribution in [1.29, 1.82) is 0 Å². The van der Waals surface area contributed by atoms with Crippen LogP contribution >= 0.6 is 23.2 Å². The summed E-state index contributed by atoms with van der Waals surface area (Å²) < 4.78 is 12.4. The molecule has 0 radical (unpaired) electrons. The minimum atomic E-state index is -0.974. The molecule has 3 aromatic carbocycles. The Balaban J connectivity index is 1.42. The van der Waals surface area contributed by atoms with Crippen LogP contribution < -0.4 is 0 Å². The van der Waals surface area contributed by atoms with Crippen molar-refractivity contribution >= 4 is 34.7 Å². The summed E-state index contributed by atoms with van der Waals surface area (Å²) in [4.78, 5) is 14.5. The van der Waals surface area contributed by atoms with Crippen molar-refractivity contribution in [2.45, 2.75) is 25.7 Å². The van der Waals surface area contributed by atoms with Gasteiger partial charge in [-0.15, -0.1) is 0 Å². The lowest BCUT2D eigenvalue weighted by atomic mass is 9.80. The number of carboxylic acids is 1. The molecule has 1 N–H and O–H groups in total. The number of fused-ring (bicyclic) bond motifs is 1. The summed E-state index contributed by atoms with van der Waals surface area (Å²) >= 11 is 12.6. The molecule has 186 valence electrons. The van der Waals surface area contributed by atoms with Crippen LogP contribution in [0.3, 0.4) is 0 Å². The topological polar surface area (TPSA) is 40.5 Å². The molecule has 36 heavy (non-hydrogen) atoms. The van der Waals surface area contributed by atoms with E-state index in [0.717, 1.165) is 61.2 Å². The van der Waals surface area contributed by atoms with Gasteiger partial charge >= 0.3 is 5.97 Å². The van der Waals surface area contributed by atoms with Gasteiger partial charge in [0.25, 0.3) is 0 Å². The molecular formula is C30H28Cl2FNO2. The van der Waals surface area contributed by atoms with E-state index in [1.807, 2.05) is 6.07 Å². The number of halogens is 3. The molecule has 1 fully saturated rings. The predicted molar refractivity (Wildman–Crippen MR) is 145 cm³/mol. The van der Waals surface area contributed by atoms with Crippen molar-refractivity contribution < 1.29 is 14.3 Å². The molecule has 6 heteroatoms. The number of carboxylic acid groups (broad SMARTS) is 1. The molecule has 3 aromatic rings. The third-order valence-electron chi connectivity index (χ3n) is 7.21. The summed E-state index contributed by atoms with van der Waals surface area (Å²) in [5.74, 6) is -0.343. The third kappa shape index (κ3) is 5.08. The number of allylic oxidation sites excluding steroid dienone is 1. The second kappa shape index (κ2) is 10.8. The van der Waals surface area contributed by atoms with Gasteiger partial charge in [-0.3, -0.25) is 4.39 Å². The maximum atomic E-state index is 12.4. The SMILES string of the molecule is O=C(O)c1ccc2c(c1-c1ccc(Cl)cc1Cl)CCC=C2c1ccc(CC2CN(CCCF)C2)cc1. The van der Waals surface area contributed by atoms with Crippen molar-refractivity contribution in [2.75, 3.05) is 26.3 Å². The van der Waals surface area contributed by atoms with Crippen LogP contribution in [-0.4, -0.2) is 42.3 Å². The first-order valence-electron chi connectivity index (χ1n) is 12.4. The van der Waals surface area contributed by atoms with E-state index in [1.54, 1.807) is 24.3 Å². The van der Waals surface area contributed by atoms with Gasteiger partial charge in [0.15, 0.2) is 0 Å². The van der Waals surface area contributed by atoms with Gasteiger partial charge in [-0.2, -0.15) is 0 Å². The van der Waals surface area contributed by atoms with Gasteiger partial charge in [0.05, 0.1) is 12.2 Å². The van der Waals surface area contributed by atoms with E-state index in [1.165, 1.54) is 5.56 Å². The first-order chi connectivity index (χ1) is 17.4. The van der Waals surface area contributed by atoms with E-state index >= 15 is 0 Å². The molecule has 0 aromatic heterocycles. The van der Waals surface area contributed by atoms with Crippen LogP contribution in [0.15, 0.2) is 60.7 Å². The van der Waals surface area contributed by atoms with Gasteiger partial charge in [0, 0.05) is 40.8 Å². The van der Waals surface area contributed by atoms with Crippen molar-refractivity contribution in [2.24, 2.45) is 5.92 Å². The van der Waals surface area contributed by atoms with Gasteiger partial charge in [0.1, 0.15) is 0 Å². The summed E-state index contributed by atoms with van der Waals surface area (Å²) in [6.07, 6.45) is 5.45. The maximum Gasteiger partial charge on any atom is 0.336 e. The summed E-state index contributed by atoms with van der Waals surface area (Å²) in [7, 11) is 0. The lowest BCUT2D eigenvalue weighted by Gasteiger charge is -2.39. The van der Waals surface area contributed by atoms with Crippen LogP contribution in [0.1, 0.15) is 45.5 Å². The number of hydrogen-bond donors (Lipinski definition) is 1. The Labute approximate surface area is 221 Å². The summed E-state index contributed by atoms with van der Waals surface area (Å²) in [5, 5.41) is 10.9. The zero-order valence-corrected chi connectivity index (χ0v) is 21.5. The minimum absolute atomic E-state index is 0.243. The van der Waals surface area contributed by atoms with E-state index in [4.69, 9.17) is 23.2 Å². The molecule has 0 amide bonds. The fourth-order valence-electron chi connectivity index (χ4n) is 5.51. The first kappa shape index (κ1) is 25.0. The molecule has 1 saturated heterocycles. The molecule has 0 saturated carbocycles. The van der Waals surface area contributed by atoms with Crippen molar-refractivity contribution in [3.05, 3.63) is 98.5 Å². The highest BCUT2D eigenvalue weighted by atomic mass is 35.5. The number of rotatable bonds is 8. The Bertz CT molecular complexity index is 1310. The summed E-state index contributed by atoms with van der Waals surface area (Å²) in [6, 6.07) is 17.5. The van der Waals surface area contributed by atoms with Gasteiger partial charge in [-0.25, -0.2) is 4.79 Å². The Morgan fingerprint density at radius 1 is 1.03 bits per heavy atom. The maximum absolute atomic E-state index is 12.4. The number of carbonyl (C=O) groups is 1. The van der Waals surface area contributed by atoms with E-state index < -0.39 is 5.97 Å². The predicted octanol–water partition coefficient (Wildman–Crippen LogP) is 7.57. The van der Waals surface area contributed by atoms with Gasteiger partial charge in [0.2, 0.25) is 0 Å². The minimum Gasteiger partial charge on any atom is -0.478 e. The lowest BCUT2D eigenvalue weighted by molar-refractivity contribution is 0.0697. The Hall–Kier alpha value is -2.66. The lowest BCUT2D eigenvalue weighted by Crippen LogP contribution is -2.47. The highest BCUT2D eigenvalue weighted by Gasteiger charge is 2.27. The second-order valence-electron chi connectivity index (χ2n) is 9.67. The molecule has 0 unspecified atom stereocenters. The molecule has 1 aliphatic heterocycles. The number of aromatic carboxylic acids is 1. The number of alkyl halides is 1. The summed E-state index contributed by atoms with van der Waals surface area (Å²) in [5.41, 5.74) is 7.20. The fourth-order valence-corrected chi connectivity index (χ4v) is 6.01. The molecule has 0 bridgehead atoms. The highest BCUT2D eigenvalue weighted by molar-refractivity contribution is 6.36. The average Bonchev–Trinajstić information content (AvgIpc) is 2.85. The fraction of sp³-hybridized carbons (Fsp3) is 0.300. The number of likely N-dealkylation sites (tertiary alicyclic amines) is 1. The molecular weight excluding hydrogens is 496 g/mol. The molecule has 1 aliphatic carbocycles. The standard InChI is InChI=1S/C30H28Cl2FNO2/c31-22-9-10-26(28(32)16-22)29-25-4-1-3-23(24(25)11-12-27(29)30(35)36)21-7-5-19(6-8-21)15-20-17-34(18-20)14-2-13-33/h3,5-12,16,20H,1-2,4,13-15,17-18H2,(H,35,36). The zero-order chi connectivity index (χ0) is 25.2. The number of benzene rings is 3. The van der Waals surface area contributed by atoms with Crippen LogP contribution in [0.2, 0.25) is 10.0 Å². The Morgan fingerprint density at radius 3 is 2.47 bits per heavy atom. The molecule has 3 nitrogen and oxygen atoms in total. The molecule has 0 atom stereocenters. The Morgan fingerprint density at radius 2 is 1.78 bits per heavy atom. The van der Waals surface area contributed by atoms with Gasteiger partial charge < -0.3 is 10.0 Å². The zero-order valence-electron chi connectivity index (χ0n) is 19.9. The van der Waals surface area contributed by atoms with Crippen molar-refractivity contribution in [3.8, 4) is 11.1 Å². The van der Waals surface area contributed by atoms with Crippen LogP contribution in [0.4, 0.5) is 4.39 Å². The van der Waals surface area contributed by atoms with Crippen molar-refractivity contribution in [1.82, 2.24) is 4.90 Å². The van der Waals surface area contributed by atoms with Crippen LogP contribution in [0.25, 0.3) is 16.7 Å². The highest BCUT2D eigenvalue weighted by Crippen LogP contribution is 2.42. The van der Waals surface area contributed by atoms with Crippen LogP contribution in [0, 0.1) is 5.92 Å². The van der Waals surface area contributed by atoms with Gasteiger partial charge in [-0.05, 0) is 77.6 Å². The quantitative estimate of drug-likeness (QED) is 0.331. The smallest absolute Gasteiger partial charge is 0.336 e. The number of nitrogens with zero attached hydrogens (tertiary/aromatic N) is 1. The normalized spacial score (nSPS) is 15.8.